The van der Waals surface area contributed by atoms with Gasteiger partial charge in [0.2, 0.25) is 0 Å². The van der Waals surface area contributed by atoms with E-state index in [-0.39, 0.29) is 30.4 Å². The minimum atomic E-state index is -0.386. The zero-order valence-electron chi connectivity index (χ0n) is 17.1. The molecule has 156 valence electrons. The molecule has 0 amide bonds. The number of likely N-dealkylation sites (tertiary alicyclic amines) is 1. The van der Waals surface area contributed by atoms with Crippen LogP contribution in [-0.2, 0) is 26.1 Å². The van der Waals surface area contributed by atoms with Gasteiger partial charge in [0.05, 0.1) is 5.75 Å². The number of rotatable bonds is 6. The molecule has 2 heterocycles. The second kappa shape index (κ2) is 7.22. The molecule has 1 saturated heterocycles. The van der Waals surface area contributed by atoms with Gasteiger partial charge in [-0.3, -0.25) is 4.79 Å². The number of methoxy groups -OCH3 is 1. The number of carbonyl (C=O) groups is 1. The van der Waals surface area contributed by atoms with E-state index in [9.17, 15) is 4.79 Å². The van der Waals surface area contributed by atoms with Crippen LogP contribution in [0.1, 0.15) is 17.5 Å². The maximum atomic E-state index is 12.3. The van der Waals surface area contributed by atoms with Crippen LogP contribution < -0.4 is 9.47 Å². The Morgan fingerprint density at radius 3 is 3.03 bits per heavy atom. The fraction of sp³-hybridized carbons (Fsp3) is 0.591. The van der Waals surface area contributed by atoms with E-state index in [0.717, 1.165) is 25.1 Å². The SMILES string of the molecule is COCOc1ccc2c3c1OC1C(OC(=O)CSC)C=C[C@H]4[C@@H](C2)N(C)CC[C@]314. The fourth-order valence-corrected chi connectivity index (χ4v) is 6.15. The van der Waals surface area contributed by atoms with E-state index in [0.29, 0.717) is 23.5 Å². The van der Waals surface area contributed by atoms with Gasteiger partial charge in [-0.2, -0.15) is 11.8 Å². The smallest absolute Gasteiger partial charge is 0.316 e. The lowest BCUT2D eigenvalue weighted by Gasteiger charge is -2.56. The summed E-state index contributed by atoms with van der Waals surface area (Å²) in [7, 11) is 3.82. The first kappa shape index (κ1) is 19.3. The maximum absolute atomic E-state index is 12.3. The van der Waals surface area contributed by atoms with Gasteiger partial charge in [0.15, 0.2) is 24.4 Å². The van der Waals surface area contributed by atoms with Gasteiger partial charge in [0, 0.05) is 30.0 Å². The van der Waals surface area contributed by atoms with E-state index in [2.05, 4.69) is 24.1 Å². The van der Waals surface area contributed by atoms with Gasteiger partial charge in [0.1, 0.15) is 6.10 Å². The average molecular weight is 418 g/mol. The molecule has 5 rings (SSSR count). The van der Waals surface area contributed by atoms with Crippen molar-refractivity contribution in [3.05, 3.63) is 35.4 Å². The number of likely N-dealkylation sites (N-methyl/N-ethyl adjacent to an activating group) is 1. The Kier molecular flexibility index (Phi) is 4.80. The second-order valence-corrected chi connectivity index (χ2v) is 9.22. The predicted molar refractivity (Wildman–Crippen MR) is 111 cm³/mol. The zero-order valence-corrected chi connectivity index (χ0v) is 17.9. The molecule has 6 nitrogen and oxygen atoms in total. The van der Waals surface area contributed by atoms with Crippen molar-refractivity contribution in [2.24, 2.45) is 5.92 Å². The number of esters is 1. The summed E-state index contributed by atoms with van der Waals surface area (Å²) in [6.07, 6.45) is 7.59. The number of benzene rings is 1. The number of piperidine rings is 1. The summed E-state index contributed by atoms with van der Waals surface area (Å²) >= 11 is 1.47. The number of hydrogen-bond donors (Lipinski definition) is 0. The van der Waals surface area contributed by atoms with Crippen LogP contribution in [0.3, 0.4) is 0 Å². The van der Waals surface area contributed by atoms with Crippen LogP contribution in [0.15, 0.2) is 24.3 Å². The van der Waals surface area contributed by atoms with E-state index < -0.39 is 0 Å². The van der Waals surface area contributed by atoms with Gasteiger partial charge in [-0.1, -0.05) is 12.1 Å². The highest BCUT2D eigenvalue weighted by Gasteiger charge is 2.65. The third kappa shape index (κ3) is 2.74. The fourth-order valence-electron chi connectivity index (χ4n) is 5.85. The Hall–Kier alpha value is -1.70. The van der Waals surface area contributed by atoms with Crippen molar-refractivity contribution in [2.75, 3.05) is 39.5 Å². The zero-order chi connectivity index (χ0) is 20.2. The third-order valence-corrected chi connectivity index (χ3v) is 7.50. The van der Waals surface area contributed by atoms with E-state index in [1.165, 1.54) is 22.9 Å². The van der Waals surface area contributed by atoms with Gasteiger partial charge in [0.25, 0.3) is 0 Å². The quantitative estimate of drug-likeness (QED) is 0.400. The minimum absolute atomic E-state index is 0.173. The molecule has 29 heavy (non-hydrogen) atoms. The first-order valence-corrected chi connectivity index (χ1v) is 11.5. The van der Waals surface area contributed by atoms with Crippen LogP contribution >= 0.6 is 11.8 Å². The summed E-state index contributed by atoms with van der Waals surface area (Å²) < 4.78 is 23.4. The van der Waals surface area contributed by atoms with Crippen molar-refractivity contribution < 1.29 is 23.7 Å². The molecule has 2 bridgehead atoms. The molecule has 0 radical (unpaired) electrons. The van der Waals surface area contributed by atoms with Crippen molar-refractivity contribution in [2.45, 2.75) is 36.5 Å². The molecule has 4 aliphatic rings. The van der Waals surface area contributed by atoms with Gasteiger partial charge >= 0.3 is 5.97 Å². The molecule has 2 aliphatic carbocycles. The molecule has 1 aromatic rings. The number of carbonyl (C=O) groups excluding carboxylic acids is 1. The van der Waals surface area contributed by atoms with E-state index in [1.54, 1.807) is 7.11 Å². The van der Waals surface area contributed by atoms with Crippen LogP contribution in [0.4, 0.5) is 0 Å². The lowest BCUT2D eigenvalue weighted by molar-refractivity contribution is -0.151. The Labute approximate surface area is 175 Å². The predicted octanol–water partition coefficient (Wildman–Crippen LogP) is 2.39. The van der Waals surface area contributed by atoms with Crippen LogP contribution in [0, 0.1) is 5.92 Å². The number of ether oxygens (including phenoxy) is 4. The summed E-state index contributed by atoms with van der Waals surface area (Å²) in [6, 6.07) is 4.59. The summed E-state index contributed by atoms with van der Waals surface area (Å²) in [6.45, 7) is 1.17. The molecule has 0 aromatic heterocycles. The van der Waals surface area contributed by atoms with Crippen LogP contribution in [0.25, 0.3) is 0 Å². The van der Waals surface area contributed by atoms with Crippen molar-refractivity contribution in [1.29, 1.82) is 0 Å². The van der Waals surface area contributed by atoms with Gasteiger partial charge in [-0.05, 0) is 50.4 Å². The summed E-state index contributed by atoms with van der Waals surface area (Å²) in [5, 5.41) is 0. The summed E-state index contributed by atoms with van der Waals surface area (Å²) in [4.78, 5) is 14.8. The van der Waals surface area contributed by atoms with Crippen molar-refractivity contribution in [1.82, 2.24) is 4.90 Å². The van der Waals surface area contributed by atoms with Crippen molar-refractivity contribution in [3.63, 3.8) is 0 Å². The Morgan fingerprint density at radius 1 is 1.38 bits per heavy atom. The molecule has 1 aromatic carbocycles. The molecule has 1 fully saturated rings. The van der Waals surface area contributed by atoms with Gasteiger partial charge < -0.3 is 23.8 Å². The molecule has 1 spiro atoms. The highest BCUT2D eigenvalue weighted by molar-refractivity contribution is 7.99. The van der Waals surface area contributed by atoms with Gasteiger partial charge in [-0.25, -0.2) is 0 Å². The lowest BCUT2D eigenvalue weighted by Crippen LogP contribution is -2.65. The summed E-state index contributed by atoms with van der Waals surface area (Å²) in [5.74, 6) is 2.01. The van der Waals surface area contributed by atoms with Crippen LogP contribution in [0.2, 0.25) is 0 Å². The van der Waals surface area contributed by atoms with Crippen LogP contribution in [0.5, 0.6) is 11.5 Å². The highest BCUT2D eigenvalue weighted by atomic mass is 32.2. The van der Waals surface area contributed by atoms with E-state index in [4.69, 9.17) is 18.9 Å². The average Bonchev–Trinajstić information content (AvgIpc) is 3.06. The monoisotopic (exact) mass is 417 g/mol. The minimum Gasteiger partial charge on any atom is -0.481 e. The largest absolute Gasteiger partial charge is 0.481 e. The van der Waals surface area contributed by atoms with Gasteiger partial charge in [-0.15, -0.1) is 0 Å². The number of hydrogen-bond acceptors (Lipinski definition) is 7. The van der Waals surface area contributed by atoms with Crippen LogP contribution in [-0.4, -0.2) is 68.6 Å². The maximum Gasteiger partial charge on any atom is 0.316 e. The Morgan fingerprint density at radius 2 is 2.24 bits per heavy atom. The van der Waals surface area contributed by atoms with E-state index in [1.807, 2.05) is 18.4 Å². The molecular formula is C22H27NO5S. The molecule has 2 aliphatic heterocycles. The topological polar surface area (TPSA) is 57.2 Å². The molecular weight excluding hydrogens is 390 g/mol. The second-order valence-electron chi connectivity index (χ2n) is 8.36. The number of thioether (sulfide) groups is 1. The molecule has 0 saturated carbocycles. The van der Waals surface area contributed by atoms with Crippen molar-refractivity contribution in [3.8, 4) is 11.5 Å². The van der Waals surface area contributed by atoms with E-state index >= 15 is 0 Å². The molecule has 5 atom stereocenters. The lowest BCUT2D eigenvalue weighted by atomic mass is 9.53. The first-order chi connectivity index (χ1) is 14.1. The normalized spacial score (nSPS) is 33.8. The molecule has 2 unspecified atom stereocenters. The standard InChI is InChI=1S/C22H27NO5S/c1-23-9-8-22-14-5-7-17(27-18(24)11-29-3)21(22)28-20-16(26-12-25-2)6-4-13(19(20)22)10-15(14)23/h4-7,14-15,17,21H,8-12H2,1-3H3/t14-,15+,17?,21?,22-/m0/s1. The number of nitrogens with zero attached hydrogens (tertiary/aromatic N) is 1. The third-order valence-electron chi connectivity index (χ3n) is 6.98. The molecule has 0 N–H and O–H groups in total. The highest BCUT2D eigenvalue weighted by Crippen LogP contribution is 2.62. The van der Waals surface area contributed by atoms with Crippen molar-refractivity contribution >= 4 is 17.7 Å². The molecule has 7 heteroatoms. The Balaban J connectivity index is 1.61. The Bertz CT molecular complexity index is 858. The first-order valence-electron chi connectivity index (χ1n) is 10.1. The summed E-state index contributed by atoms with van der Waals surface area (Å²) in [5.41, 5.74) is 2.41.